The van der Waals surface area contributed by atoms with Crippen LogP contribution in [-0.2, 0) is 0 Å². The van der Waals surface area contributed by atoms with Gasteiger partial charge in [-0.25, -0.2) is 0 Å². The van der Waals surface area contributed by atoms with E-state index in [0.717, 1.165) is 32.7 Å². The van der Waals surface area contributed by atoms with E-state index in [1.165, 1.54) is 161 Å². The van der Waals surface area contributed by atoms with Gasteiger partial charge >= 0.3 is 0 Å². The molecule has 0 aromatic heterocycles. The summed E-state index contributed by atoms with van der Waals surface area (Å²) >= 11 is 0. The van der Waals surface area contributed by atoms with Crippen LogP contribution in [0.4, 0.5) is 0 Å². The molecular weight excluding hydrogens is 490 g/mol. The van der Waals surface area contributed by atoms with E-state index in [9.17, 15) is 0 Å². The zero-order valence-electron chi connectivity index (χ0n) is 29.1. The monoisotopic (exact) mass is 576 g/mol. The maximum atomic E-state index is 5.37. The molecule has 0 aliphatic heterocycles. The van der Waals surface area contributed by atoms with Gasteiger partial charge in [-0.05, 0) is 64.8 Å². The van der Waals surface area contributed by atoms with Gasteiger partial charge in [-0.15, -0.1) is 0 Å². The van der Waals surface area contributed by atoms with E-state index in [1.807, 2.05) is 0 Å². The summed E-state index contributed by atoms with van der Waals surface area (Å²) in [5.74, 6) is 0. The van der Waals surface area contributed by atoms with Crippen molar-refractivity contribution < 1.29 is 0 Å². The standard InChI is InChI=1S/C9H21N.C8H19N.C7H17N.C6H15N.C5H13N/c1-2-3-4-5-6-7-8-9-10;1-2-3-4-5-6-7-8-9;1-2-3-4-5-6-7-8;1-2-3-4-5-6-7;1-2-3-4-5-6/h2-10H2,1H3;2-9H2,1H3;2-8H2,1H3;2-7H2,1H3;2-6H2,1H3. The maximum absolute atomic E-state index is 5.37. The highest BCUT2D eigenvalue weighted by molar-refractivity contribution is 4.45. The molecule has 250 valence electrons. The maximum Gasteiger partial charge on any atom is -0.00773 e. The second-order valence-electron chi connectivity index (χ2n) is 11.0. The third kappa shape index (κ3) is 83.2. The van der Waals surface area contributed by atoms with E-state index in [-0.39, 0.29) is 0 Å². The first-order valence-corrected chi connectivity index (χ1v) is 18.1. The molecule has 0 bridgehead atoms. The zero-order valence-corrected chi connectivity index (χ0v) is 29.1. The van der Waals surface area contributed by atoms with E-state index in [1.54, 1.807) is 0 Å². The van der Waals surface area contributed by atoms with Crippen molar-refractivity contribution in [3.05, 3.63) is 0 Å². The van der Waals surface area contributed by atoms with Crippen molar-refractivity contribution in [2.75, 3.05) is 32.7 Å². The highest BCUT2D eigenvalue weighted by Crippen LogP contribution is 2.06. The van der Waals surface area contributed by atoms with Crippen LogP contribution in [0, 0.1) is 0 Å². The molecular formula is C35H85N5. The van der Waals surface area contributed by atoms with Gasteiger partial charge in [0.05, 0.1) is 0 Å². The molecule has 0 unspecified atom stereocenters. The first-order valence-electron chi connectivity index (χ1n) is 18.1. The molecule has 0 aromatic rings. The lowest BCUT2D eigenvalue weighted by Crippen LogP contribution is -1.97. The fourth-order valence-electron chi connectivity index (χ4n) is 3.74. The van der Waals surface area contributed by atoms with Crippen LogP contribution in [0.2, 0.25) is 0 Å². The minimum atomic E-state index is 0.855. The fourth-order valence-corrected chi connectivity index (χ4v) is 3.74. The minimum Gasteiger partial charge on any atom is -0.330 e. The van der Waals surface area contributed by atoms with Crippen LogP contribution in [0.25, 0.3) is 0 Å². The lowest BCUT2D eigenvalue weighted by atomic mass is 10.1. The molecule has 0 heterocycles. The second-order valence-corrected chi connectivity index (χ2v) is 11.0. The number of hydrogen-bond donors (Lipinski definition) is 5. The Morgan fingerprint density at radius 2 is 0.325 bits per heavy atom. The van der Waals surface area contributed by atoms with Crippen molar-refractivity contribution in [3.8, 4) is 0 Å². The van der Waals surface area contributed by atoms with Crippen molar-refractivity contribution in [1.29, 1.82) is 0 Å². The van der Waals surface area contributed by atoms with Gasteiger partial charge in [0.2, 0.25) is 0 Å². The highest BCUT2D eigenvalue weighted by Gasteiger charge is 1.88. The summed E-state index contributed by atoms with van der Waals surface area (Å²) < 4.78 is 0. The first kappa shape index (κ1) is 49.5. The van der Waals surface area contributed by atoms with Gasteiger partial charge in [-0.1, -0.05) is 163 Å². The molecule has 0 aliphatic carbocycles. The topological polar surface area (TPSA) is 130 Å². The molecule has 0 atom stereocenters. The van der Waals surface area contributed by atoms with Gasteiger partial charge in [0.25, 0.3) is 0 Å². The molecule has 0 amide bonds. The predicted octanol–water partition coefficient (Wildman–Crippen LogP) is 9.58. The molecule has 0 aliphatic rings. The molecule has 5 heteroatoms. The number of hydrogen-bond acceptors (Lipinski definition) is 5. The van der Waals surface area contributed by atoms with Gasteiger partial charge in [0, 0.05) is 0 Å². The molecule has 0 fully saturated rings. The Balaban J connectivity index is -0.000000129. The van der Waals surface area contributed by atoms with E-state index < -0.39 is 0 Å². The Kier molecular flexibility index (Phi) is 77.2. The minimum absolute atomic E-state index is 0.855. The Labute approximate surface area is 256 Å². The van der Waals surface area contributed by atoms with Crippen LogP contribution in [0.3, 0.4) is 0 Å². The van der Waals surface area contributed by atoms with Crippen molar-refractivity contribution in [2.24, 2.45) is 28.7 Å². The van der Waals surface area contributed by atoms with Crippen molar-refractivity contribution in [1.82, 2.24) is 0 Å². The second kappa shape index (κ2) is 62.4. The lowest BCUT2D eigenvalue weighted by molar-refractivity contribution is 0.593. The van der Waals surface area contributed by atoms with Crippen molar-refractivity contribution >= 4 is 0 Å². The average molecular weight is 576 g/mol. The summed E-state index contributed by atoms with van der Waals surface area (Å²) in [6.45, 7) is 15.4. The van der Waals surface area contributed by atoms with Gasteiger partial charge in [0.1, 0.15) is 0 Å². The van der Waals surface area contributed by atoms with Gasteiger partial charge < -0.3 is 28.7 Å². The molecule has 0 radical (unpaired) electrons. The van der Waals surface area contributed by atoms with Crippen LogP contribution in [0.15, 0.2) is 0 Å². The molecule has 0 spiro atoms. The molecule has 10 N–H and O–H groups in total. The molecule has 0 aromatic carbocycles. The van der Waals surface area contributed by atoms with Crippen molar-refractivity contribution in [2.45, 2.75) is 195 Å². The normalized spacial score (nSPS) is 9.75. The van der Waals surface area contributed by atoms with E-state index in [0.29, 0.717) is 0 Å². The molecule has 0 saturated carbocycles. The van der Waals surface area contributed by atoms with E-state index in [4.69, 9.17) is 28.7 Å². The van der Waals surface area contributed by atoms with Crippen LogP contribution in [0.5, 0.6) is 0 Å². The van der Waals surface area contributed by atoms with Gasteiger partial charge in [-0.2, -0.15) is 0 Å². The third-order valence-corrected chi connectivity index (χ3v) is 6.54. The Morgan fingerprint density at radius 3 is 0.500 bits per heavy atom. The smallest absolute Gasteiger partial charge is 0.00773 e. The summed E-state index contributed by atoms with van der Waals surface area (Å²) in [6, 6.07) is 0. The zero-order chi connectivity index (χ0) is 31.2. The van der Waals surface area contributed by atoms with Crippen LogP contribution < -0.4 is 28.7 Å². The third-order valence-electron chi connectivity index (χ3n) is 6.54. The van der Waals surface area contributed by atoms with E-state index >= 15 is 0 Å². The highest BCUT2D eigenvalue weighted by atomic mass is 14.5. The Hall–Kier alpha value is -0.200. The summed E-state index contributed by atoms with van der Waals surface area (Å²) in [7, 11) is 0. The molecule has 5 nitrogen and oxygen atoms in total. The average Bonchev–Trinajstić information content (AvgIpc) is 2.98. The summed E-state index contributed by atoms with van der Waals surface area (Å²) in [4.78, 5) is 0. The summed E-state index contributed by atoms with van der Waals surface area (Å²) in [6.07, 6.45) is 33.1. The number of rotatable bonds is 25. The molecule has 0 rings (SSSR count). The number of nitrogens with two attached hydrogens (primary N) is 5. The number of unbranched alkanes of at least 4 members (excludes halogenated alkanes) is 20. The first-order chi connectivity index (χ1) is 19.6. The predicted molar refractivity (Wildman–Crippen MR) is 189 cm³/mol. The van der Waals surface area contributed by atoms with Crippen LogP contribution >= 0.6 is 0 Å². The van der Waals surface area contributed by atoms with Gasteiger partial charge in [0.15, 0.2) is 0 Å². The summed E-state index contributed by atoms with van der Waals surface area (Å²) in [5.41, 5.74) is 26.5. The fraction of sp³-hybridized carbons (Fsp3) is 1.00. The SMILES string of the molecule is CCCCCCCCCN.CCCCCCCCN.CCCCCCCN.CCCCCCN.CCCCCN. The van der Waals surface area contributed by atoms with E-state index in [2.05, 4.69) is 34.6 Å². The summed E-state index contributed by atoms with van der Waals surface area (Å²) in [5, 5.41) is 0. The quantitative estimate of drug-likeness (QED) is 0.0692. The van der Waals surface area contributed by atoms with Crippen LogP contribution in [-0.4, -0.2) is 32.7 Å². The lowest BCUT2D eigenvalue weighted by Gasteiger charge is -1.97. The van der Waals surface area contributed by atoms with Crippen molar-refractivity contribution in [3.63, 3.8) is 0 Å². The van der Waals surface area contributed by atoms with Gasteiger partial charge in [-0.3, -0.25) is 0 Å². The largest absolute Gasteiger partial charge is 0.330 e. The molecule has 0 saturated heterocycles. The Bertz CT molecular complexity index is 288. The van der Waals surface area contributed by atoms with Crippen LogP contribution in [0.1, 0.15) is 195 Å². The Morgan fingerprint density at radius 1 is 0.200 bits per heavy atom. The molecule has 40 heavy (non-hydrogen) atoms.